The van der Waals surface area contributed by atoms with Crippen LogP contribution in [0.15, 0.2) is 40.7 Å². The average molecular weight is 395 g/mol. The molecule has 0 saturated heterocycles. The van der Waals surface area contributed by atoms with Crippen LogP contribution in [0.4, 0.5) is 5.95 Å². The van der Waals surface area contributed by atoms with E-state index in [9.17, 15) is 4.79 Å². The monoisotopic (exact) mass is 394 g/mol. The number of anilines is 1. The quantitative estimate of drug-likeness (QED) is 0.458. The molecular weight excluding hydrogens is 376 g/mol. The predicted octanol–water partition coefficient (Wildman–Crippen LogP) is 3.08. The van der Waals surface area contributed by atoms with Gasteiger partial charge >= 0.3 is 5.97 Å². The first-order valence-corrected chi connectivity index (χ1v) is 9.76. The summed E-state index contributed by atoms with van der Waals surface area (Å²) in [6.45, 7) is 2.04. The number of aromatic nitrogens is 3. The van der Waals surface area contributed by atoms with Gasteiger partial charge in [-0.1, -0.05) is 23.9 Å². The van der Waals surface area contributed by atoms with E-state index in [1.165, 1.54) is 11.8 Å². The maximum atomic E-state index is 12.7. The normalized spacial score (nSPS) is 16.1. The van der Waals surface area contributed by atoms with Gasteiger partial charge in [0.25, 0.3) is 0 Å². The van der Waals surface area contributed by atoms with Crippen LogP contribution in [0.5, 0.6) is 5.75 Å². The van der Waals surface area contributed by atoms with Crippen molar-refractivity contribution in [3.05, 3.63) is 41.1 Å². The molecule has 0 bridgehead atoms. The summed E-state index contributed by atoms with van der Waals surface area (Å²) in [6, 6.07) is 6.98. The van der Waals surface area contributed by atoms with Crippen LogP contribution in [-0.4, -0.2) is 46.6 Å². The zero-order valence-corrected chi connectivity index (χ0v) is 16.2. The van der Waals surface area contributed by atoms with Crippen molar-refractivity contribution in [1.29, 1.82) is 0 Å². The molecule has 26 heavy (non-hydrogen) atoms. The first-order chi connectivity index (χ1) is 12.6. The second-order valence-corrected chi connectivity index (χ2v) is 6.45. The molecule has 0 spiro atoms. The molecule has 0 amide bonds. The molecule has 1 aromatic heterocycles. The molecule has 0 saturated carbocycles. The van der Waals surface area contributed by atoms with Gasteiger partial charge < -0.3 is 14.8 Å². The number of fused-ring (bicyclic) bond motifs is 1. The highest BCUT2D eigenvalue weighted by molar-refractivity contribution is 7.98. The molecule has 2 aromatic rings. The van der Waals surface area contributed by atoms with Gasteiger partial charge in [-0.25, -0.2) is 9.48 Å². The number of nitrogens with zero attached hydrogens (tertiary/aromatic N) is 3. The van der Waals surface area contributed by atoms with Crippen LogP contribution in [0.25, 0.3) is 0 Å². The van der Waals surface area contributed by atoms with Crippen LogP contribution >= 0.6 is 23.4 Å². The molecule has 9 heteroatoms. The molecule has 1 unspecified atom stereocenters. The van der Waals surface area contributed by atoms with Gasteiger partial charge in [-0.15, -0.1) is 16.7 Å². The Morgan fingerprint density at radius 2 is 2.12 bits per heavy atom. The number of methoxy groups -OCH3 is 1. The van der Waals surface area contributed by atoms with Gasteiger partial charge in [-0.2, -0.15) is 4.98 Å². The van der Waals surface area contributed by atoms with Crippen molar-refractivity contribution in [3.63, 3.8) is 0 Å². The number of hydrogen-bond donors (Lipinski definition) is 1. The summed E-state index contributed by atoms with van der Waals surface area (Å²) in [5, 5.41) is 8.23. The largest absolute Gasteiger partial charge is 0.497 e. The molecule has 2 heterocycles. The van der Waals surface area contributed by atoms with E-state index in [0.29, 0.717) is 22.4 Å². The molecule has 1 aromatic carbocycles. The van der Waals surface area contributed by atoms with Gasteiger partial charge in [-0.05, 0) is 30.9 Å². The SMILES string of the molecule is CCOC(=O)C1=C(CCl)Nc2nc(SC)nn2C1c1ccc(OC)cc1. The summed E-state index contributed by atoms with van der Waals surface area (Å²) in [5.41, 5.74) is 1.85. The first-order valence-electron chi connectivity index (χ1n) is 8.00. The van der Waals surface area contributed by atoms with Crippen LogP contribution in [-0.2, 0) is 9.53 Å². The van der Waals surface area contributed by atoms with E-state index in [0.717, 1.165) is 11.3 Å². The highest BCUT2D eigenvalue weighted by Gasteiger charge is 2.36. The lowest BCUT2D eigenvalue weighted by Crippen LogP contribution is -2.31. The number of ether oxygens (including phenoxy) is 2. The van der Waals surface area contributed by atoms with Crippen molar-refractivity contribution in [2.45, 2.75) is 18.1 Å². The summed E-state index contributed by atoms with van der Waals surface area (Å²) in [7, 11) is 1.61. The zero-order valence-electron chi connectivity index (χ0n) is 14.7. The molecule has 7 nitrogen and oxygen atoms in total. The van der Waals surface area contributed by atoms with Gasteiger partial charge in [0, 0.05) is 5.70 Å². The molecule has 0 fully saturated rings. The predicted molar refractivity (Wildman–Crippen MR) is 101 cm³/mol. The lowest BCUT2D eigenvalue weighted by Gasteiger charge is -2.28. The fourth-order valence-electron chi connectivity index (χ4n) is 2.79. The highest BCUT2D eigenvalue weighted by Crippen LogP contribution is 2.37. The van der Waals surface area contributed by atoms with Crippen molar-refractivity contribution in [2.75, 3.05) is 31.2 Å². The maximum absolute atomic E-state index is 12.7. The molecule has 1 aliphatic rings. The van der Waals surface area contributed by atoms with Crippen molar-refractivity contribution in [2.24, 2.45) is 0 Å². The van der Waals surface area contributed by atoms with E-state index in [4.69, 9.17) is 21.1 Å². The third-order valence-corrected chi connectivity index (χ3v) is 4.77. The molecule has 0 aliphatic carbocycles. The number of carbonyl (C=O) groups is 1. The van der Waals surface area contributed by atoms with E-state index in [1.54, 1.807) is 18.7 Å². The minimum absolute atomic E-state index is 0.127. The average Bonchev–Trinajstić information content (AvgIpc) is 3.09. The Hall–Kier alpha value is -2.19. The van der Waals surface area contributed by atoms with Crippen LogP contribution in [0.1, 0.15) is 18.5 Å². The molecule has 3 rings (SSSR count). The summed E-state index contributed by atoms with van der Waals surface area (Å²) < 4.78 is 12.2. The van der Waals surface area contributed by atoms with Crippen molar-refractivity contribution in [3.8, 4) is 5.75 Å². The standard InChI is InChI=1S/C17H19ClN4O3S/c1-4-25-15(23)13-12(9-18)19-16-20-17(26-3)21-22(16)14(13)10-5-7-11(24-2)8-6-10/h5-8,14H,4,9H2,1-3H3,(H,19,20,21). The number of nitrogens with one attached hydrogen (secondary N) is 1. The third-order valence-electron chi connectivity index (χ3n) is 3.96. The van der Waals surface area contributed by atoms with Gasteiger partial charge in [0.05, 0.1) is 25.2 Å². The van der Waals surface area contributed by atoms with Crippen LogP contribution in [0.2, 0.25) is 0 Å². The smallest absolute Gasteiger partial charge is 0.338 e. The van der Waals surface area contributed by atoms with Gasteiger partial charge in [-0.3, -0.25) is 0 Å². The summed E-state index contributed by atoms with van der Waals surface area (Å²) in [4.78, 5) is 17.1. The fourth-order valence-corrected chi connectivity index (χ4v) is 3.35. The van der Waals surface area contributed by atoms with Gasteiger partial charge in [0.2, 0.25) is 11.1 Å². The highest BCUT2D eigenvalue weighted by atomic mass is 35.5. The van der Waals surface area contributed by atoms with Crippen molar-refractivity contribution in [1.82, 2.24) is 14.8 Å². The van der Waals surface area contributed by atoms with E-state index in [2.05, 4.69) is 15.4 Å². The van der Waals surface area contributed by atoms with Gasteiger partial charge in [0.15, 0.2) is 0 Å². The van der Waals surface area contributed by atoms with Crippen molar-refractivity contribution >= 4 is 35.3 Å². The van der Waals surface area contributed by atoms with Crippen LogP contribution < -0.4 is 10.1 Å². The number of thioether (sulfide) groups is 1. The Bertz CT molecular complexity index is 835. The second-order valence-electron chi connectivity index (χ2n) is 5.41. The Balaban J connectivity index is 2.16. The molecule has 1 atom stereocenters. The second kappa shape index (κ2) is 8.01. The van der Waals surface area contributed by atoms with E-state index >= 15 is 0 Å². The first kappa shape index (κ1) is 18.6. The molecule has 0 radical (unpaired) electrons. The minimum atomic E-state index is -0.488. The lowest BCUT2D eigenvalue weighted by molar-refractivity contribution is -0.139. The summed E-state index contributed by atoms with van der Waals surface area (Å²) >= 11 is 7.54. The Kier molecular flexibility index (Phi) is 5.73. The lowest BCUT2D eigenvalue weighted by atomic mass is 9.95. The molecular formula is C17H19ClN4O3S. The van der Waals surface area contributed by atoms with Crippen LogP contribution in [0, 0.1) is 0 Å². The number of rotatable bonds is 6. The third kappa shape index (κ3) is 3.39. The number of esters is 1. The Labute approximate surface area is 160 Å². The Morgan fingerprint density at radius 1 is 1.38 bits per heavy atom. The fraction of sp³-hybridized carbons (Fsp3) is 0.353. The van der Waals surface area contributed by atoms with Gasteiger partial charge in [0.1, 0.15) is 11.8 Å². The summed E-state index contributed by atoms with van der Waals surface area (Å²) in [5.74, 6) is 0.968. The van der Waals surface area contributed by atoms with E-state index < -0.39 is 12.0 Å². The molecule has 1 aliphatic heterocycles. The number of hydrogen-bond acceptors (Lipinski definition) is 7. The number of benzene rings is 1. The van der Waals surface area contributed by atoms with E-state index in [-0.39, 0.29) is 12.5 Å². The molecule has 138 valence electrons. The molecule has 1 N–H and O–H groups in total. The minimum Gasteiger partial charge on any atom is -0.497 e. The maximum Gasteiger partial charge on any atom is 0.338 e. The number of allylic oxidation sites excluding steroid dienone is 1. The zero-order chi connectivity index (χ0) is 18.7. The Morgan fingerprint density at radius 3 is 2.69 bits per heavy atom. The number of alkyl halides is 1. The van der Waals surface area contributed by atoms with Crippen molar-refractivity contribution < 1.29 is 14.3 Å². The topological polar surface area (TPSA) is 78.3 Å². The van der Waals surface area contributed by atoms with E-state index in [1.807, 2.05) is 30.5 Å². The summed E-state index contributed by atoms with van der Waals surface area (Å²) in [6.07, 6.45) is 1.89. The number of carbonyl (C=O) groups excluding carboxylic acids is 1. The van der Waals surface area contributed by atoms with Crippen LogP contribution in [0.3, 0.4) is 0 Å². The number of halogens is 1.